The second-order valence-electron chi connectivity index (χ2n) is 7.22. The van der Waals surface area contributed by atoms with Crippen LogP contribution in [-0.4, -0.2) is 28.9 Å². The van der Waals surface area contributed by atoms with E-state index in [-0.39, 0.29) is 11.8 Å². The predicted molar refractivity (Wildman–Crippen MR) is 96.7 cm³/mol. The topological polar surface area (TPSA) is 46.3 Å². The fraction of sp³-hybridized carbons (Fsp3) is 0.500. The summed E-state index contributed by atoms with van der Waals surface area (Å²) in [6, 6.07) is 7.79. The summed E-state index contributed by atoms with van der Waals surface area (Å²) >= 11 is 6.04. The van der Waals surface area contributed by atoms with Crippen molar-refractivity contribution in [2.24, 2.45) is 5.92 Å². The Hall–Kier alpha value is -1.81. The van der Waals surface area contributed by atoms with Gasteiger partial charge in [0.15, 0.2) is 5.89 Å². The lowest BCUT2D eigenvalue weighted by Crippen LogP contribution is -2.33. The smallest absolute Gasteiger partial charge is 0.225 e. The van der Waals surface area contributed by atoms with Crippen LogP contribution in [-0.2, 0) is 11.2 Å². The van der Waals surface area contributed by atoms with Crippen molar-refractivity contribution in [3.8, 4) is 0 Å². The van der Waals surface area contributed by atoms with E-state index in [1.54, 1.807) is 6.20 Å². The highest BCUT2D eigenvalue weighted by Crippen LogP contribution is 2.32. The molecule has 1 saturated heterocycles. The molecule has 132 valence electrons. The van der Waals surface area contributed by atoms with Crippen molar-refractivity contribution in [3.05, 3.63) is 52.7 Å². The number of carbonyl (C=O) groups is 1. The van der Waals surface area contributed by atoms with Crippen molar-refractivity contribution < 1.29 is 9.21 Å². The molecule has 25 heavy (non-hydrogen) atoms. The zero-order chi connectivity index (χ0) is 17.2. The summed E-state index contributed by atoms with van der Waals surface area (Å²) in [6.45, 7) is 1.57. The average Bonchev–Trinajstić information content (AvgIpc) is 3.35. The largest absolute Gasteiger partial charge is 0.445 e. The quantitative estimate of drug-likeness (QED) is 0.812. The number of nitrogens with zero attached hydrogens (tertiary/aromatic N) is 2. The summed E-state index contributed by atoms with van der Waals surface area (Å²) in [5.41, 5.74) is 1.11. The molecule has 0 bridgehead atoms. The Morgan fingerprint density at radius 3 is 2.92 bits per heavy atom. The van der Waals surface area contributed by atoms with Crippen LogP contribution in [0.5, 0.6) is 0 Å². The number of rotatable bonds is 4. The van der Waals surface area contributed by atoms with Crippen LogP contribution >= 0.6 is 11.6 Å². The van der Waals surface area contributed by atoms with Gasteiger partial charge in [-0.05, 0) is 37.0 Å². The SMILES string of the molecule is O=C(C1CCCC1)N1CC[C@@H](c2ncc(Cc3cccc(Cl)c3)o2)C1. The number of carbonyl (C=O) groups excluding carboxylic acids is 1. The van der Waals surface area contributed by atoms with E-state index in [2.05, 4.69) is 4.98 Å². The van der Waals surface area contributed by atoms with Crippen LogP contribution < -0.4 is 0 Å². The normalized spacial score (nSPS) is 21.2. The van der Waals surface area contributed by atoms with E-state index in [1.165, 1.54) is 12.8 Å². The summed E-state index contributed by atoms with van der Waals surface area (Å²) in [4.78, 5) is 19.1. The molecule has 2 aromatic rings. The molecule has 2 heterocycles. The number of amides is 1. The van der Waals surface area contributed by atoms with Crippen LogP contribution in [0.2, 0.25) is 5.02 Å². The monoisotopic (exact) mass is 358 g/mol. The summed E-state index contributed by atoms with van der Waals surface area (Å²) in [5.74, 6) is 2.42. The van der Waals surface area contributed by atoms with Crippen molar-refractivity contribution in [3.63, 3.8) is 0 Å². The highest BCUT2D eigenvalue weighted by molar-refractivity contribution is 6.30. The molecule has 1 atom stereocenters. The molecule has 1 aromatic heterocycles. The number of hydrogen-bond donors (Lipinski definition) is 0. The molecule has 4 nitrogen and oxygen atoms in total. The summed E-state index contributed by atoms with van der Waals surface area (Å²) in [6.07, 6.45) is 7.93. The van der Waals surface area contributed by atoms with E-state index in [4.69, 9.17) is 16.0 Å². The van der Waals surface area contributed by atoms with Gasteiger partial charge in [0.25, 0.3) is 0 Å². The first-order valence-corrected chi connectivity index (χ1v) is 9.54. The molecule has 1 aromatic carbocycles. The molecule has 0 radical (unpaired) electrons. The average molecular weight is 359 g/mol. The summed E-state index contributed by atoms with van der Waals surface area (Å²) < 4.78 is 5.97. The van der Waals surface area contributed by atoms with Gasteiger partial charge in [-0.25, -0.2) is 4.98 Å². The van der Waals surface area contributed by atoms with Gasteiger partial charge in [0.2, 0.25) is 5.91 Å². The Morgan fingerprint density at radius 1 is 1.28 bits per heavy atom. The fourth-order valence-electron chi connectivity index (χ4n) is 4.03. The van der Waals surface area contributed by atoms with Crippen molar-refractivity contribution in [2.75, 3.05) is 13.1 Å². The van der Waals surface area contributed by atoms with E-state index in [1.807, 2.05) is 29.2 Å². The second kappa shape index (κ2) is 7.20. The van der Waals surface area contributed by atoms with Gasteiger partial charge in [-0.15, -0.1) is 0 Å². The van der Waals surface area contributed by atoms with Crippen LogP contribution in [0.1, 0.15) is 55.2 Å². The predicted octanol–water partition coefficient (Wildman–Crippen LogP) is 4.42. The molecule has 0 N–H and O–H groups in total. The third kappa shape index (κ3) is 3.74. The number of aromatic nitrogens is 1. The minimum atomic E-state index is 0.221. The van der Waals surface area contributed by atoms with Gasteiger partial charge in [-0.1, -0.05) is 36.6 Å². The second-order valence-corrected chi connectivity index (χ2v) is 7.66. The van der Waals surface area contributed by atoms with Crippen LogP contribution in [0.25, 0.3) is 0 Å². The minimum Gasteiger partial charge on any atom is -0.445 e. The number of benzene rings is 1. The van der Waals surface area contributed by atoms with Crippen molar-refractivity contribution in [1.29, 1.82) is 0 Å². The molecule has 1 aliphatic heterocycles. The molecule has 2 fully saturated rings. The first-order valence-electron chi connectivity index (χ1n) is 9.17. The number of hydrogen-bond acceptors (Lipinski definition) is 3. The Balaban J connectivity index is 1.38. The molecular formula is C20H23ClN2O2. The highest BCUT2D eigenvalue weighted by Gasteiger charge is 2.34. The molecule has 0 unspecified atom stereocenters. The lowest BCUT2D eigenvalue weighted by molar-refractivity contribution is -0.134. The van der Waals surface area contributed by atoms with Crippen LogP contribution in [0.3, 0.4) is 0 Å². The third-order valence-corrected chi connectivity index (χ3v) is 5.63. The van der Waals surface area contributed by atoms with E-state index in [9.17, 15) is 4.79 Å². The number of likely N-dealkylation sites (tertiary alicyclic amines) is 1. The van der Waals surface area contributed by atoms with Crippen molar-refractivity contribution in [2.45, 2.75) is 44.4 Å². The van der Waals surface area contributed by atoms with Gasteiger partial charge in [0, 0.05) is 30.5 Å². The van der Waals surface area contributed by atoms with E-state index < -0.39 is 0 Å². The van der Waals surface area contributed by atoms with Crippen molar-refractivity contribution >= 4 is 17.5 Å². The van der Waals surface area contributed by atoms with Gasteiger partial charge >= 0.3 is 0 Å². The maximum atomic E-state index is 12.6. The third-order valence-electron chi connectivity index (χ3n) is 5.39. The van der Waals surface area contributed by atoms with E-state index in [0.717, 1.165) is 54.6 Å². The molecule has 1 saturated carbocycles. The molecular weight excluding hydrogens is 336 g/mol. The van der Waals surface area contributed by atoms with Crippen LogP contribution in [0, 0.1) is 5.92 Å². The van der Waals surface area contributed by atoms with Gasteiger partial charge in [-0.2, -0.15) is 0 Å². The van der Waals surface area contributed by atoms with Gasteiger partial charge in [0.1, 0.15) is 5.76 Å². The number of oxazole rings is 1. The maximum Gasteiger partial charge on any atom is 0.225 e. The fourth-order valence-corrected chi connectivity index (χ4v) is 4.25. The van der Waals surface area contributed by atoms with Gasteiger partial charge < -0.3 is 9.32 Å². The summed E-state index contributed by atoms with van der Waals surface area (Å²) in [5, 5.41) is 0.731. The maximum absolute atomic E-state index is 12.6. The zero-order valence-corrected chi connectivity index (χ0v) is 15.0. The molecule has 2 aliphatic rings. The van der Waals surface area contributed by atoms with Crippen LogP contribution in [0.4, 0.5) is 0 Å². The van der Waals surface area contributed by atoms with E-state index in [0.29, 0.717) is 12.3 Å². The standard InChI is InChI=1S/C20H23ClN2O2/c21-17-7-3-4-14(10-17)11-18-12-22-19(25-18)16-8-9-23(13-16)20(24)15-5-1-2-6-15/h3-4,7,10,12,15-16H,1-2,5-6,8-9,11,13H2/t16-/m1/s1. The number of halogens is 1. The lowest BCUT2D eigenvalue weighted by Gasteiger charge is -2.19. The first kappa shape index (κ1) is 16.6. The molecule has 1 amide bonds. The Kier molecular flexibility index (Phi) is 4.80. The van der Waals surface area contributed by atoms with Gasteiger partial charge in [0.05, 0.1) is 12.1 Å². The molecule has 4 rings (SSSR count). The Morgan fingerprint density at radius 2 is 2.12 bits per heavy atom. The lowest BCUT2D eigenvalue weighted by atomic mass is 10.1. The zero-order valence-electron chi connectivity index (χ0n) is 14.3. The minimum absolute atomic E-state index is 0.221. The highest BCUT2D eigenvalue weighted by atomic mass is 35.5. The Labute approximate surface area is 153 Å². The van der Waals surface area contributed by atoms with Crippen molar-refractivity contribution in [1.82, 2.24) is 9.88 Å². The molecule has 5 heteroatoms. The first-order chi connectivity index (χ1) is 12.2. The van der Waals surface area contributed by atoms with E-state index >= 15 is 0 Å². The Bertz CT molecular complexity index is 752. The van der Waals surface area contributed by atoms with Gasteiger partial charge in [-0.3, -0.25) is 4.79 Å². The molecule has 0 spiro atoms. The van der Waals surface area contributed by atoms with Crippen LogP contribution in [0.15, 0.2) is 34.9 Å². The molecule has 1 aliphatic carbocycles. The summed E-state index contributed by atoms with van der Waals surface area (Å²) in [7, 11) is 0.